The van der Waals surface area contributed by atoms with Gasteiger partial charge in [-0.1, -0.05) is 11.6 Å². The smallest absolute Gasteiger partial charge is 0.353 e. The number of alkyl halides is 3. The molecule has 2 unspecified atom stereocenters. The second-order valence-electron chi connectivity index (χ2n) is 6.92. The van der Waals surface area contributed by atoms with Crippen molar-refractivity contribution in [2.24, 2.45) is 5.92 Å². The molecule has 11 heteroatoms. The van der Waals surface area contributed by atoms with Crippen LogP contribution in [0.1, 0.15) is 31.2 Å². The van der Waals surface area contributed by atoms with Crippen LogP contribution in [0.5, 0.6) is 0 Å². The van der Waals surface area contributed by atoms with Gasteiger partial charge in [0.15, 0.2) is 0 Å². The van der Waals surface area contributed by atoms with Crippen molar-refractivity contribution in [3.63, 3.8) is 0 Å². The Labute approximate surface area is 179 Å². The summed E-state index contributed by atoms with van der Waals surface area (Å²) in [5, 5.41) is 6.26. The molecule has 2 fully saturated rings. The summed E-state index contributed by atoms with van der Waals surface area (Å²) in [6.45, 7) is 3.08. The number of hydrogen-bond acceptors (Lipinski definition) is 4. The third-order valence-electron chi connectivity index (χ3n) is 4.94. The minimum atomic E-state index is -4.47. The quantitative estimate of drug-likeness (QED) is 0.699. The number of anilines is 1. The van der Waals surface area contributed by atoms with Gasteiger partial charge in [0.2, 0.25) is 5.91 Å². The van der Waals surface area contributed by atoms with Gasteiger partial charge >= 0.3 is 6.18 Å². The second-order valence-corrected chi connectivity index (χ2v) is 7.33. The number of nitrogens with one attached hydrogen (secondary N) is 2. The first kappa shape index (κ1) is 25.1. The van der Waals surface area contributed by atoms with Gasteiger partial charge in [-0.25, -0.2) is 4.98 Å². The van der Waals surface area contributed by atoms with E-state index in [0.717, 1.165) is 44.6 Å². The van der Waals surface area contributed by atoms with Gasteiger partial charge in [0, 0.05) is 31.7 Å². The maximum absolute atomic E-state index is 12.7. The molecule has 2 atom stereocenters. The minimum Gasteiger partial charge on any atom is -0.353 e. The Morgan fingerprint density at radius 2 is 2.11 bits per heavy atom. The third-order valence-corrected chi connectivity index (χ3v) is 5.22. The van der Waals surface area contributed by atoms with Crippen LogP contribution in [0.25, 0.3) is 0 Å². The lowest BCUT2D eigenvalue weighted by Gasteiger charge is -2.20. The highest BCUT2D eigenvalue weighted by Crippen LogP contribution is 2.34. The Bertz CT molecular complexity index is 657. The van der Waals surface area contributed by atoms with E-state index in [9.17, 15) is 18.0 Å². The standard InChI is InChI=1S/C17H22ClF3N4O.2ClH/c18-14-7-12(17(19,20)21)9-23-16(14)25-6-4-13(10-25)24-15(26)2-1-11-3-5-22-8-11;;/h7,9,11,13,22H,1-6,8,10H2,(H,24,26);2*1H. The van der Waals surface area contributed by atoms with Crippen LogP contribution >= 0.6 is 36.4 Å². The number of aromatic nitrogens is 1. The van der Waals surface area contributed by atoms with Gasteiger partial charge in [0.25, 0.3) is 0 Å². The highest BCUT2D eigenvalue weighted by molar-refractivity contribution is 6.33. The first-order valence-corrected chi connectivity index (χ1v) is 9.18. The summed E-state index contributed by atoms with van der Waals surface area (Å²) in [5.74, 6) is 0.916. The Morgan fingerprint density at radius 3 is 2.71 bits per heavy atom. The fourth-order valence-electron chi connectivity index (χ4n) is 3.48. The summed E-state index contributed by atoms with van der Waals surface area (Å²) in [5.41, 5.74) is -0.864. The summed E-state index contributed by atoms with van der Waals surface area (Å²) < 4.78 is 38.1. The molecule has 3 rings (SSSR count). The average molecular weight is 464 g/mol. The highest BCUT2D eigenvalue weighted by Gasteiger charge is 2.33. The zero-order valence-electron chi connectivity index (χ0n) is 15.1. The van der Waals surface area contributed by atoms with Gasteiger partial charge in [-0.3, -0.25) is 4.79 Å². The lowest BCUT2D eigenvalue weighted by molar-refractivity contribution is -0.137. The number of amides is 1. The second kappa shape index (κ2) is 10.7. The summed E-state index contributed by atoms with van der Waals surface area (Å²) >= 11 is 5.99. The van der Waals surface area contributed by atoms with Gasteiger partial charge in [-0.15, -0.1) is 24.8 Å². The van der Waals surface area contributed by atoms with Crippen molar-refractivity contribution in [3.8, 4) is 0 Å². The lowest BCUT2D eigenvalue weighted by Crippen LogP contribution is -2.37. The molecule has 2 saturated heterocycles. The normalized spacial score (nSPS) is 21.8. The predicted octanol–water partition coefficient (Wildman–Crippen LogP) is 3.68. The molecule has 0 bridgehead atoms. The molecule has 3 heterocycles. The number of carbonyl (C=O) groups excluding carboxylic acids is 1. The summed E-state index contributed by atoms with van der Waals surface area (Å²) in [6.07, 6.45) is -0.462. The number of nitrogens with zero attached hydrogens (tertiary/aromatic N) is 2. The van der Waals surface area contributed by atoms with Crippen molar-refractivity contribution < 1.29 is 18.0 Å². The molecule has 2 N–H and O–H groups in total. The van der Waals surface area contributed by atoms with Crippen molar-refractivity contribution in [2.75, 3.05) is 31.1 Å². The lowest BCUT2D eigenvalue weighted by atomic mass is 10.0. The van der Waals surface area contributed by atoms with Gasteiger partial charge < -0.3 is 15.5 Å². The van der Waals surface area contributed by atoms with E-state index >= 15 is 0 Å². The highest BCUT2D eigenvalue weighted by atomic mass is 35.5. The zero-order chi connectivity index (χ0) is 18.7. The fraction of sp³-hybridized carbons (Fsp3) is 0.647. The monoisotopic (exact) mass is 462 g/mol. The van der Waals surface area contributed by atoms with Gasteiger partial charge in [-0.05, 0) is 44.3 Å². The van der Waals surface area contributed by atoms with E-state index in [4.69, 9.17) is 11.6 Å². The Morgan fingerprint density at radius 1 is 1.36 bits per heavy atom. The number of carbonyl (C=O) groups is 1. The number of rotatable bonds is 5. The Kier molecular flexibility index (Phi) is 9.59. The first-order valence-electron chi connectivity index (χ1n) is 8.80. The summed E-state index contributed by atoms with van der Waals surface area (Å²) in [7, 11) is 0. The van der Waals surface area contributed by atoms with E-state index in [-0.39, 0.29) is 41.8 Å². The minimum absolute atomic E-state index is 0. The van der Waals surface area contributed by atoms with E-state index in [1.807, 2.05) is 4.90 Å². The molecule has 160 valence electrons. The molecule has 1 aromatic rings. The molecule has 0 spiro atoms. The van der Waals surface area contributed by atoms with Crippen molar-refractivity contribution in [3.05, 3.63) is 22.8 Å². The molecule has 0 aromatic carbocycles. The van der Waals surface area contributed by atoms with E-state index in [2.05, 4.69) is 15.6 Å². The van der Waals surface area contributed by atoms with Crippen molar-refractivity contribution in [2.45, 2.75) is 37.9 Å². The van der Waals surface area contributed by atoms with Crippen molar-refractivity contribution in [1.82, 2.24) is 15.6 Å². The molecule has 0 saturated carbocycles. The van der Waals surface area contributed by atoms with Crippen LogP contribution in [0.3, 0.4) is 0 Å². The van der Waals surface area contributed by atoms with E-state index in [1.54, 1.807) is 0 Å². The maximum atomic E-state index is 12.7. The first-order chi connectivity index (χ1) is 12.3. The van der Waals surface area contributed by atoms with Crippen LogP contribution in [-0.4, -0.2) is 43.1 Å². The molecule has 1 aromatic heterocycles. The fourth-order valence-corrected chi connectivity index (χ4v) is 3.77. The van der Waals surface area contributed by atoms with Crippen LogP contribution in [0.15, 0.2) is 12.3 Å². The summed E-state index contributed by atoms with van der Waals surface area (Å²) in [4.78, 5) is 17.8. The largest absolute Gasteiger partial charge is 0.417 e. The molecule has 2 aliphatic heterocycles. The zero-order valence-corrected chi connectivity index (χ0v) is 17.5. The van der Waals surface area contributed by atoms with Crippen LogP contribution < -0.4 is 15.5 Å². The number of hydrogen-bond donors (Lipinski definition) is 2. The molecule has 28 heavy (non-hydrogen) atoms. The van der Waals surface area contributed by atoms with Gasteiger partial charge in [-0.2, -0.15) is 13.2 Å². The van der Waals surface area contributed by atoms with Crippen LogP contribution in [-0.2, 0) is 11.0 Å². The molecule has 0 aliphatic carbocycles. The topological polar surface area (TPSA) is 57.3 Å². The van der Waals surface area contributed by atoms with Gasteiger partial charge in [0.05, 0.1) is 10.6 Å². The Hall–Kier alpha value is -0.960. The molecule has 0 radical (unpaired) electrons. The average Bonchev–Trinajstić information content (AvgIpc) is 3.23. The van der Waals surface area contributed by atoms with Crippen LogP contribution in [0.2, 0.25) is 5.02 Å². The van der Waals surface area contributed by atoms with E-state index < -0.39 is 11.7 Å². The van der Waals surface area contributed by atoms with Crippen LogP contribution in [0.4, 0.5) is 19.0 Å². The van der Waals surface area contributed by atoms with Crippen LogP contribution in [0, 0.1) is 5.92 Å². The maximum Gasteiger partial charge on any atom is 0.417 e. The number of halogens is 6. The third kappa shape index (κ3) is 6.54. The van der Waals surface area contributed by atoms with E-state index in [0.29, 0.717) is 31.2 Å². The molecular formula is C17H24Cl3F3N4O. The van der Waals surface area contributed by atoms with Crippen molar-refractivity contribution >= 4 is 48.1 Å². The molecule has 1 amide bonds. The summed E-state index contributed by atoms with van der Waals surface area (Å²) in [6, 6.07) is 0.857. The Balaban J connectivity index is 0.00000196. The molecule has 2 aliphatic rings. The molecule has 5 nitrogen and oxygen atoms in total. The SMILES string of the molecule is Cl.Cl.O=C(CCC1CCNC1)NC1CCN(c2ncc(C(F)(F)F)cc2Cl)C1. The van der Waals surface area contributed by atoms with E-state index in [1.165, 1.54) is 0 Å². The van der Waals surface area contributed by atoms with Gasteiger partial charge in [0.1, 0.15) is 5.82 Å². The number of pyridine rings is 1. The predicted molar refractivity (Wildman–Crippen MR) is 108 cm³/mol. The van der Waals surface area contributed by atoms with Crippen molar-refractivity contribution in [1.29, 1.82) is 0 Å². The molecular weight excluding hydrogens is 440 g/mol.